The van der Waals surface area contributed by atoms with Gasteiger partial charge in [0.2, 0.25) is 10.0 Å². The SMILES string of the molecule is O=S(=O)(NCC1(CO)CCCCC1)C1CCCCC1. The number of rotatable bonds is 5. The van der Waals surface area contributed by atoms with Gasteiger partial charge in [0.05, 0.1) is 5.25 Å². The van der Waals surface area contributed by atoms with E-state index in [0.29, 0.717) is 6.54 Å². The van der Waals surface area contributed by atoms with Gasteiger partial charge in [0.1, 0.15) is 0 Å². The van der Waals surface area contributed by atoms with Crippen LogP contribution < -0.4 is 4.72 Å². The normalized spacial score (nSPS) is 25.3. The summed E-state index contributed by atoms with van der Waals surface area (Å²) in [7, 11) is -3.19. The maximum Gasteiger partial charge on any atom is 0.214 e. The molecule has 0 atom stereocenters. The predicted molar refractivity (Wildman–Crippen MR) is 76.4 cm³/mol. The molecule has 2 N–H and O–H groups in total. The van der Waals surface area contributed by atoms with Crippen LogP contribution in [0.15, 0.2) is 0 Å². The lowest BCUT2D eigenvalue weighted by atomic mass is 9.75. The zero-order valence-electron chi connectivity index (χ0n) is 11.7. The van der Waals surface area contributed by atoms with Crippen molar-refractivity contribution in [2.24, 2.45) is 5.41 Å². The molecule has 112 valence electrons. The van der Waals surface area contributed by atoms with Crippen molar-refractivity contribution in [3.05, 3.63) is 0 Å². The molecule has 0 heterocycles. The van der Waals surface area contributed by atoms with E-state index in [-0.39, 0.29) is 17.3 Å². The van der Waals surface area contributed by atoms with E-state index in [1.807, 2.05) is 0 Å². The first kappa shape index (κ1) is 15.3. The van der Waals surface area contributed by atoms with Crippen molar-refractivity contribution in [3.63, 3.8) is 0 Å². The van der Waals surface area contributed by atoms with Gasteiger partial charge in [-0.3, -0.25) is 0 Å². The molecule has 0 aliphatic heterocycles. The van der Waals surface area contributed by atoms with Gasteiger partial charge in [-0.15, -0.1) is 0 Å². The van der Waals surface area contributed by atoms with Crippen molar-refractivity contribution in [1.82, 2.24) is 4.72 Å². The number of aliphatic hydroxyl groups excluding tert-OH is 1. The smallest absolute Gasteiger partial charge is 0.214 e. The van der Waals surface area contributed by atoms with Gasteiger partial charge in [0, 0.05) is 18.6 Å². The minimum atomic E-state index is -3.19. The largest absolute Gasteiger partial charge is 0.396 e. The molecule has 0 bridgehead atoms. The predicted octanol–water partition coefficient (Wildman–Crippen LogP) is 2.18. The summed E-state index contributed by atoms with van der Waals surface area (Å²) in [4.78, 5) is 0. The average Bonchev–Trinajstić information content (AvgIpc) is 2.47. The van der Waals surface area contributed by atoms with E-state index in [4.69, 9.17) is 0 Å². The van der Waals surface area contributed by atoms with Crippen LogP contribution in [0.3, 0.4) is 0 Å². The van der Waals surface area contributed by atoms with Gasteiger partial charge in [0.25, 0.3) is 0 Å². The van der Waals surface area contributed by atoms with Crippen LogP contribution >= 0.6 is 0 Å². The standard InChI is InChI=1S/C14H27NO3S/c16-12-14(9-5-2-6-10-14)11-15-19(17,18)13-7-3-1-4-8-13/h13,15-16H,1-12H2. The van der Waals surface area contributed by atoms with Gasteiger partial charge in [-0.25, -0.2) is 13.1 Å². The minimum Gasteiger partial charge on any atom is -0.396 e. The first-order valence-corrected chi connectivity index (χ1v) is 9.22. The molecule has 4 nitrogen and oxygen atoms in total. The number of hydrogen-bond donors (Lipinski definition) is 2. The molecule has 0 spiro atoms. The second-order valence-corrected chi connectivity index (χ2v) is 8.39. The fraction of sp³-hybridized carbons (Fsp3) is 1.00. The fourth-order valence-corrected chi connectivity index (χ4v) is 5.14. The lowest BCUT2D eigenvalue weighted by molar-refractivity contribution is 0.0866. The molecule has 0 unspecified atom stereocenters. The van der Waals surface area contributed by atoms with Crippen molar-refractivity contribution >= 4 is 10.0 Å². The van der Waals surface area contributed by atoms with Crippen molar-refractivity contribution in [3.8, 4) is 0 Å². The molecule has 5 heteroatoms. The summed E-state index contributed by atoms with van der Waals surface area (Å²) in [6.07, 6.45) is 10.1. The molecule has 2 rings (SSSR count). The molecule has 2 aliphatic rings. The maximum atomic E-state index is 12.3. The van der Waals surface area contributed by atoms with Crippen LogP contribution in [0, 0.1) is 5.41 Å². The molecule has 0 saturated heterocycles. The zero-order valence-corrected chi connectivity index (χ0v) is 12.6. The van der Waals surface area contributed by atoms with Gasteiger partial charge in [-0.05, 0) is 25.7 Å². The molecule has 0 radical (unpaired) electrons. The van der Waals surface area contributed by atoms with Gasteiger partial charge < -0.3 is 5.11 Å². The van der Waals surface area contributed by atoms with E-state index in [0.717, 1.165) is 57.8 Å². The summed E-state index contributed by atoms with van der Waals surface area (Å²) in [5.41, 5.74) is -0.208. The van der Waals surface area contributed by atoms with Crippen LogP contribution in [0.2, 0.25) is 0 Å². The Morgan fingerprint density at radius 1 is 1.00 bits per heavy atom. The summed E-state index contributed by atoms with van der Waals surface area (Å²) in [6.45, 7) is 0.516. The Balaban J connectivity index is 1.92. The number of hydrogen-bond acceptors (Lipinski definition) is 3. The third-order valence-corrected chi connectivity index (χ3v) is 6.78. The molecule has 0 aromatic rings. The lowest BCUT2D eigenvalue weighted by Gasteiger charge is -2.36. The quantitative estimate of drug-likeness (QED) is 0.815. The Labute approximate surface area is 117 Å². The van der Waals surface area contributed by atoms with Gasteiger partial charge in [-0.1, -0.05) is 38.5 Å². The van der Waals surface area contributed by atoms with Gasteiger partial charge in [-0.2, -0.15) is 0 Å². The Morgan fingerprint density at radius 3 is 2.16 bits per heavy atom. The topological polar surface area (TPSA) is 66.4 Å². The van der Waals surface area contributed by atoms with E-state index < -0.39 is 10.0 Å². The summed E-state index contributed by atoms with van der Waals surface area (Å²) in [5.74, 6) is 0. The molecular formula is C14H27NO3S. The van der Waals surface area contributed by atoms with E-state index in [2.05, 4.69) is 4.72 Å². The molecule has 0 aromatic carbocycles. The highest BCUT2D eigenvalue weighted by Crippen LogP contribution is 2.35. The van der Waals surface area contributed by atoms with Crippen LogP contribution in [-0.2, 0) is 10.0 Å². The average molecular weight is 289 g/mol. The molecule has 0 amide bonds. The van der Waals surface area contributed by atoms with Gasteiger partial charge >= 0.3 is 0 Å². The second-order valence-electron chi connectivity index (χ2n) is 6.34. The summed E-state index contributed by atoms with van der Waals surface area (Å²) in [5, 5.41) is 9.41. The lowest BCUT2D eigenvalue weighted by Crippen LogP contribution is -2.44. The zero-order chi connectivity index (χ0) is 13.8. The van der Waals surface area contributed by atoms with Crippen LogP contribution in [0.25, 0.3) is 0 Å². The maximum absolute atomic E-state index is 12.3. The Kier molecular flexibility index (Phi) is 5.26. The highest BCUT2D eigenvalue weighted by atomic mass is 32.2. The monoisotopic (exact) mass is 289 g/mol. The first-order valence-electron chi connectivity index (χ1n) is 7.67. The molecule has 2 aliphatic carbocycles. The minimum absolute atomic E-state index is 0.0974. The summed E-state index contributed by atoms with van der Waals surface area (Å²) in [6, 6.07) is 0. The van der Waals surface area contributed by atoms with Crippen molar-refractivity contribution in [1.29, 1.82) is 0 Å². The van der Waals surface area contributed by atoms with Crippen LogP contribution in [-0.4, -0.2) is 31.9 Å². The van der Waals surface area contributed by atoms with Gasteiger partial charge in [0.15, 0.2) is 0 Å². The third kappa shape index (κ3) is 3.92. The third-order valence-electron chi connectivity index (χ3n) is 4.89. The molecule has 0 aromatic heterocycles. The Hall–Kier alpha value is -0.130. The van der Waals surface area contributed by atoms with Crippen LogP contribution in [0.5, 0.6) is 0 Å². The molecule has 2 fully saturated rings. The van der Waals surface area contributed by atoms with Crippen molar-refractivity contribution in [2.75, 3.05) is 13.2 Å². The molecule has 19 heavy (non-hydrogen) atoms. The van der Waals surface area contributed by atoms with Crippen LogP contribution in [0.1, 0.15) is 64.2 Å². The van der Waals surface area contributed by atoms with E-state index in [1.165, 1.54) is 6.42 Å². The Bertz CT molecular complexity index is 368. The second kappa shape index (κ2) is 6.55. The van der Waals surface area contributed by atoms with E-state index >= 15 is 0 Å². The van der Waals surface area contributed by atoms with E-state index in [1.54, 1.807) is 0 Å². The summed E-state index contributed by atoms with van der Waals surface area (Å²) < 4.78 is 27.4. The molecule has 2 saturated carbocycles. The highest BCUT2D eigenvalue weighted by Gasteiger charge is 2.34. The number of aliphatic hydroxyl groups is 1. The fourth-order valence-electron chi connectivity index (χ4n) is 3.44. The van der Waals surface area contributed by atoms with Crippen LogP contribution in [0.4, 0.5) is 0 Å². The summed E-state index contributed by atoms with van der Waals surface area (Å²) >= 11 is 0. The van der Waals surface area contributed by atoms with E-state index in [9.17, 15) is 13.5 Å². The Morgan fingerprint density at radius 2 is 1.58 bits per heavy atom. The highest BCUT2D eigenvalue weighted by molar-refractivity contribution is 7.90. The number of sulfonamides is 1. The number of nitrogens with one attached hydrogen (secondary N) is 1. The first-order chi connectivity index (χ1) is 9.08. The van der Waals surface area contributed by atoms with Crippen molar-refractivity contribution in [2.45, 2.75) is 69.5 Å². The van der Waals surface area contributed by atoms with Crippen molar-refractivity contribution < 1.29 is 13.5 Å². The molecular weight excluding hydrogens is 262 g/mol.